The molecule has 0 amide bonds. The highest BCUT2D eigenvalue weighted by Crippen LogP contribution is 2.37. The average Bonchev–Trinajstić information content (AvgIpc) is 2.80. The lowest BCUT2D eigenvalue weighted by Crippen LogP contribution is -2.22. The van der Waals surface area contributed by atoms with E-state index in [0.717, 1.165) is 18.2 Å². The van der Waals surface area contributed by atoms with Gasteiger partial charge in [-0.1, -0.05) is 37.6 Å². The topological polar surface area (TPSA) is 25.2 Å². The Hall–Kier alpha value is -1.54. The molecule has 1 N–H and O–H groups in total. The Morgan fingerprint density at radius 3 is 2.75 bits per heavy atom. The number of aryl methyl sites for hydroxylation is 1. The zero-order valence-corrected chi connectivity index (χ0v) is 12.4. The van der Waals surface area contributed by atoms with E-state index in [-0.39, 0.29) is 6.04 Å². The molecule has 106 valence electrons. The second-order valence-electron chi connectivity index (χ2n) is 5.72. The van der Waals surface area contributed by atoms with E-state index in [2.05, 4.69) is 42.6 Å². The molecule has 1 aromatic heterocycles. The number of furan rings is 1. The molecule has 0 aliphatic heterocycles. The van der Waals surface area contributed by atoms with Crippen LogP contribution in [-0.4, -0.2) is 6.54 Å². The molecule has 1 aliphatic carbocycles. The summed E-state index contributed by atoms with van der Waals surface area (Å²) < 4.78 is 5.48. The van der Waals surface area contributed by atoms with Crippen molar-refractivity contribution in [3.63, 3.8) is 0 Å². The van der Waals surface area contributed by atoms with Crippen molar-refractivity contribution < 1.29 is 4.42 Å². The quantitative estimate of drug-likeness (QED) is 0.861. The maximum absolute atomic E-state index is 5.48. The minimum absolute atomic E-state index is 0.235. The van der Waals surface area contributed by atoms with Crippen LogP contribution in [0.2, 0.25) is 0 Å². The zero-order chi connectivity index (χ0) is 13.9. The van der Waals surface area contributed by atoms with Crippen molar-refractivity contribution in [2.24, 2.45) is 0 Å². The largest absolute Gasteiger partial charge is 0.469 e. The lowest BCUT2D eigenvalue weighted by Gasteiger charge is -2.27. The van der Waals surface area contributed by atoms with Gasteiger partial charge in [-0.2, -0.15) is 0 Å². The number of nitrogens with one attached hydrogen (secondary N) is 1. The van der Waals surface area contributed by atoms with Crippen LogP contribution in [0.25, 0.3) is 0 Å². The van der Waals surface area contributed by atoms with Crippen molar-refractivity contribution >= 4 is 0 Å². The molecule has 0 spiro atoms. The molecule has 2 nitrogen and oxygen atoms in total. The Bertz CT molecular complexity index is 568. The molecule has 1 heterocycles. The Balaban J connectivity index is 1.93. The van der Waals surface area contributed by atoms with Crippen molar-refractivity contribution in [2.75, 3.05) is 6.54 Å². The highest BCUT2D eigenvalue weighted by Gasteiger charge is 2.22. The fourth-order valence-corrected chi connectivity index (χ4v) is 3.04. The second-order valence-corrected chi connectivity index (χ2v) is 5.72. The molecule has 20 heavy (non-hydrogen) atoms. The summed E-state index contributed by atoms with van der Waals surface area (Å²) in [5, 5.41) is 3.58. The van der Waals surface area contributed by atoms with Gasteiger partial charge in [-0.25, -0.2) is 0 Å². The summed E-state index contributed by atoms with van der Waals surface area (Å²) in [5.41, 5.74) is 4.09. The smallest absolute Gasteiger partial charge is 0.105 e. The summed E-state index contributed by atoms with van der Waals surface area (Å²) in [6, 6.07) is 11.4. The molecule has 0 bridgehead atoms. The Labute approximate surface area is 121 Å². The molecular weight excluding hydrogens is 246 g/mol. The monoisotopic (exact) mass is 269 g/mol. The first kappa shape index (κ1) is 13.4. The number of hydrogen-bond acceptors (Lipinski definition) is 2. The van der Waals surface area contributed by atoms with Gasteiger partial charge in [0.15, 0.2) is 0 Å². The third-order valence-corrected chi connectivity index (χ3v) is 4.44. The van der Waals surface area contributed by atoms with Crippen LogP contribution >= 0.6 is 0 Å². The van der Waals surface area contributed by atoms with Crippen LogP contribution in [0.15, 0.2) is 41.0 Å². The normalized spacial score (nSPS) is 16.9. The van der Waals surface area contributed by atoms with Gasteiger partial charge in [-0.15, -0.1) is 0 Å². The van der Waals surface area contributed by atoms with Gasteiger partial charge in [-0.05, 0) is 49.4 Å². The van der Waals surface area contributed by atoms with Gasteiger partial charge in [0.25, 0.3) is 0 Å². The number of rotatable bonds is 5. The molecule has 1 unspecified atom stereocenters. The highest BCUT2D eigenvalue weighted by atomic mass is 16.3. The van der Waals surface area contributed by atoms with E-state index in [1.54, 1.807) is 6.26 Å². The maximum Gasteiger partial charge on any atom is 0.105 e. The molecule has 2 aromatic rings. The Kier molecular flexibility index (Phi) is 3.93. The molecule has 3 rings (SSSR count). The molecule has 1 atom stereocenters. The van der Waals surface area contributed by atoms with Crippen molar-refractivity contribution in [3.05, 3.63) is 59.0 Å². The first-order valence-electron chi connectivity index (χ1n) is 7.67. The van der Waals surface area contributed by atoms with Gasteiger partial charge in [0, 0.05) is 5.56 Å². The predicted octanol–water partition coefficient (Wildman–Crippen LogP) is 4.55. The highest BCUT2D eigenvalue weighted by molar-refractivity contribution is 5.36. The van der Waals surface area contributed by atoms with Crippen LogP contribution < -0.4 is 5.32 Å². The molecule has 0 saturated heterocycles. The standard InChI is InChI=1S/C18H23NO/c1-3-19-18(17-10-11-20-13(17)2)16-9-5-8-15(12-16)14-6-4-7-14/h5,8-12,14,18-19H,3-4,6-7H2,1-2H3. The Morgan fingerprint density at radius 2 is 2.15 bits per heavy atom. The Morgan fingerprint density at radius 1 is 1.30 bits per heavy atom. The maximum atomic E-state index is 5.48. The van der Waals surface area contributed by atoms with E-state index in [1.165, 1.54) is 36.0 Å². The van der Waals surface area contributed by atoms with Crippen LogP contribution in [0, 0.1) is 6.92 Å². The van der Waals surface area contributed by atoms with E-state index in [1.807, 2.05) is 6.92 Å². The first-order valence-corrected chi connectivity index (χ1v) is 7.67. The van der Waals surface area contributed by atoms with Crippen LogP contribution in [0.5, 0.6) is 0 Å². The van der Waals surface area contributed by atoms with Gasteiger partial charge in [-0.3, -0.25) is 0 Å². The molecule has 1 saturated carbocycles. The van der Waals surface area contributed by atoms with Crippen molar-refractivity contribution in [1.82, 2.24) is 5.32 Å². The zero-order valence-electron chi connectivity index (χ0n) is 12.4. The molecule has 1 fully saturated rings. The SMILES string of the molecule is CCNC(c1cccc(C2CCC2)c1)c1ccoc1C. The van der Waals surface area contributed by atoms with Gasteiger partial charge >= 0.3 is 0 Å². The summed E-state index contributed by atoms with van der Waals surface area (Å²) in [5.74, 6) is 1.78. The predicted molar refractivity (Wildman–Crippen MR) is 82.0 cm³/mol. The fraction of sp³-hybridized carbons (Fsp3) is 0.444. The molecule has 0 radical (unpaired) electrons. The summed E-state index contributed by atoms with van der Waals surface area (Å²) in [4.78, 5) is 0. The number of hydrogen-bond donors (Lipinski definition) is 1. The summed E-state index contributed by atoms with van der Waals surface area (Å²) in [6.07, 6.45) is 5.86. The van der Waals surface area contributed by atoms with Crippen LogP contribution in [0.4, 0.5) is 0 Å². The fourth-order valence-electron chi connectivity index (χ4n) is 3.04. The van der Waals surface area contributed by atoms with Crippen molar-refractivity contribution in [1.29, 1.82) is 0 Å². The van der Waals surface area contributed by atoms with E-state index in [9.17, 15) is 0 Å². The molecule has 1 aromatic carbocycles. The number of benzene rings is 1. The second kappa shape index (κ2) is 5.84. The van der Waals surface area contributed by atoms with Gasteiger partial charge in [0.2, 0.25) is 0 Å². The van der Waals surface area contributed by atoms with Crippen LogP contribution in [0.3, 0.4) is 0 Å². The van der Waals surface area contributed by atoms with E-state index < -0.39 is 0 Å². The lowest BCUT2D eigenvalue weighted by molar-refractivity contribution is 0.419. The van der Waals surface area contributed by atoms with Crippen LogP contribution in [0.1, 0.15) is 60.6 Å². The van der Waals surface area contributed by atoms with Gasteiger partial charge in [0.05, 0.1) is 12.3 Å². The van der Waals surface area contributed by atoms with E-state index in [0.29, 0.717) is 0 Å². The van der Waals surface area contributed by atoms with Gasteiger partial charge in [0.1, 0.15) is 5.76 Å². The minimum atomic E-state index is 0.235. The summed E-state index contributed by atoms with van der Waals surface area (Å²) >= 11 is 0. The van der Waals surface area contributed by atoms with Crippen LogP contribution in [-0.2, 0) is 0 Å². The lowest BCUT2D eigenvalue weighted by atomic mass is 9.79. The third-order valence-electron chi connectivity index (χ3n) is 4.44. The van der Waals surface area contributed by atoms with Crippen molar-refractivity contribution in [3.8, 4) is 0 Å². The van der Waals surface area contributed by atoms with Gasteiger partial charge < -0.3 is 9.73 Å². The summed E-state index contributed by atoms with van der Waals surface area (Å²) in [6.45, 7) is 5.14. The third kappa shape index (κ3) is 2.53. The van der Waals surface area contributed by atoms with E-state index in [4.69, 9.17) is 4.42 Å². The van der Waals surface area contributed by atoms with Crippen molar-refractivity contribution in [2.45, 2.75) is 45.1 Å². The molecule has 2 heteroatoms. The summed E-state index contributed by atoms with van der Waals surface area (Å²) in [7, 11) is 0. The molecule has 1 aliphatic rings. The minimum Gasteiger partial charge on any atom is -0.469 e. The van der Waals surface area contributed by atoms with E-state index >= 15 is 0 Å². The molecular formula is C18H23NO. The average molecular weight is 269 g/mol. The first-order chi connectivity index (χ1) is 9.79.